The van der Waals surface area contributed by atoms with Gasteiger partial charge in [-0.3, -0.25) is 19.8 Å². The third kappa shape index (κ3) is 3.79. The maximum absolute atomic E-state index is 13.1. The SMILES string of the molecule is CCC(=O)N1c2ccccc2-c2nnc(SC)nc2OC1c1ccc(Cl)c([N+](=O)[O-])c1. The summed E-state index contributed by atoms with van der Waals surface area (Å²) in [5, 5.41) is 20.2. The zero-order chi connectivity index (χ0) is 22.1. The highest BCUT2D eigenvalue weighted by Crippen LogP contribution is 2.44. The summed E-state index contributed by atoms with van der Waals surface area (Å²) in [5.74, 6) is -0.0540. The molecule has 0 fully saturated rings. The molecule has 1 unspecified atom stereocenters. The van der Waals surface area contributed by atoms with E-state index in [-0.39, 0.29) is 28.9 Å². The van der Waals surface area contributed by atoms with E-state index in [0.29, 0.717) is 27.7 Å². The molecular weight excluding hydrogens is 442 g/mol. The van der Waals surface area contributed by atoms with Crippen molar-refractivity contribution >= 4 is 40.6 Å². The predicted molar refractivity (Wildman–Crippen MR) is 116 cm³/mol. The van der Waals surface area contributed by atoms with Crippen LogP contribution < -0.4 is 9.64 Å². The Morgan fingerprint density at radius 3 is 2.77 bits per heavy atom. The van der Waals surface area contributed by atoms with Crippen molar-refractivity contribution in [2.24, 2.45) is 0 Å². The summed E-state index contributed by atoms with van der Waals surface area (Å²) in [6.45, 7) is 1.73. The van der Waals surface area contributed by atoms with Crippen molar-refractivity contribution in [3.05, 3.63) is 63.2 Å². The molecule has 0 saturated carbocycles. The monoisotopic (exact) mass is 457 g/mol. The van der Waals surface area contributed by atoms with Gasteiger partial charge in [0.05, 0.1) is 10.6 Å². The van der Waals surface area contributed by atoms with Crippen molar-refractivity contribution in [1.29, 1.82) is 0 Å². The first-order valence-electron chi connectivity index (χ1n) is 9.25. The maximum Gasteiger partial charge on any atom is 0.288 e. The minimum Gasteiger partial charge on any atom is -0.447 e. The minimum absolute atomic E-state index is 0.00907. The molecule has 9 nitrogen and oxygen atoms in total. The highest BCUT2D eigenvalue weighted by Gasteiger charge is 2.36. The van der Waals surface area contributed by atoms with Gasteiger partial charge < -0.3 is 4.74 Å². The molecule has 31 heavy (non-hydrogen) atoms. The zero-order valence-electron chi connectivity index (χ0n) is 16.5. The van der Waals surface area contributed by atoms with Crippen molar-refractivity contribution in [3.63, 3.8) is 0 Å². The molecular formula is C20H16ClN5O4S. The molecule has 2 heterocycles. The van der Waals surface area contributed by atoms with Crippen LogP contribution >= 0.6 is 23.4 Å². The van der Waals surface area contributed by atoms with Crippen LogP contribution in [0.3, 0.4) is 0 Å². The van der Waals surface area contributed by atoms with Crippen LogP contribution in [0.15, 0.2) is 47.6 Å². The minimum atomic E-state index is -1.02. The number of benzene rings is 2. The standard InChI is InChI=1S/C20H16ClN5O4S/c1-3-16(27)25-14-7-5-4-6-12(14)17-18(22-20(31-2)24-23-17)30-19(25)11-8-9-13(21)15(10-11)26(28)29/h4-10,19H,3H2,1-2H3. The lowest BCUT2D eigenvalue weighted by Gasteiger charge is -2.30. The molecule has 0 N–H and O–H groups in total. The average molecular weight is 458 g/mol. The smallest absolute Gasteiger partial charge is 0.288 e. The quantitative estimate of drug-likeness (QED) is 0.316. The van der Waals surface area contributed by atoms with Crippen molar-refractivity contribution in [1.82, 2.24) is 15.2 Å². The van der Waals surface area contributed by atoms with Crippen molar-refractivity contribution < 1.29 is 14.5 Å². The molecule has 158 valence electrons. The number of rotatable bonds is 4. The summed E-state index contributed by atoms with van der Waals surface area (Å²) in [6, 6.07) is 11.5. The maximum atomic E-state index is 13.1. The van der Waals surface area contributed by atoms with E-state index >= 15 is 0 Å². The summed E-state index contributed by atoms with van der Waals surface area (Å²) in [4.78, 5) is 29.8. The van der Waals surface area contributed by atoms with Gasteiger partial charge in [-0.25, -0.2) is 0 Å². The van der Waals surface area contributed by atoms with Gasteiger partial charge in [0.25, 0.3) is 5.69 Å². The van der Waals surface area contributed by atoms with Crippen LogP contribution in [0.1, 0.15) is 25.1 Å². The average Bonchev–Trinajstić information content (AvgIpc) is 2.92. The first-order chi connectivity index (χ1) is 14.9. The number of carbonyl (C=O) groups excluding carboxylic acids is 1. The molecule has 1 aliphatic rings. The highest BCUT2D eigenvalue weighted by atomic mass is 35.5. The van der Waals surface area contributed by atoms with Gasteiger partial charge >= 0.3 is 0 Å². The van der Waals surface area contributed by atoms with Gasteiger partial charge in [-0.1, -0.05) is 54.6 Å². The number of fused-ring (bicyclic) bond motifs is 3. The van der Waals surface area contributed by atoms with Crippen LogP contribution in [-0.2, 0) is 4.79 Å². The second kappa shape index (κ2) is 8.48. The Bertz CT molecular complexity index is 1190. The molecule has 2 aromatic carbocycles. The summed E-state index contributed by atoms with van der Waals surface area (Å²) in [7, 11) is 0. The molecule has 0 radical (unpaired) electrons. The van der Waals surface area contributed by atoms with Crippen LogP contribution in [0, 0.1) is 10.1 Å². The lowest BCUT2D eigenvalue weighted by Crippen LogP contribution is -2.37. The van der Waals surface area contributed by atoms with Gasteiger partial charge in [0, 0.05) is 23.6 Å². The summed E-state index contributed by atoms with van der Waals surface area (Å²) < 4.78 is 6.19. The van der Waals surface area contributed by atoms with E-state index in [4.69, 9.17) is 16.3 Å². The molecule has 1 aromatic heterocycles. The molecule has 11 heteroatoms. The number of aromatic nitrogens is 3. The summed E-state index contributed by atoms with van der Waals surface area (Å²) >= 11 is 7.29. The van der Waals surface area contributed by atoms with Crippen molar-refractivity contribution in [2.45, 2.75) is 24.7 Å². The number of nitro benzene ring substituents is 1. The van der Waals surface area contributed by atoms with Crippen LogP contribution in [0.2, 0.25) is 5.02 Å². The van der Waals surface area contributed by atoms with Crippen LogP contribution in [0.5, 0.6) is 5.88 Å². The number of anilines is 1. The van der Waals surface area contributed by atoms with E-state index in [2.05, 4.69) is 15.2 Å². The van der Waals surface area contributed by atoms with Crippen LogP contribution in [0.4, 0.5) is 11.4 Å². The Morgan fingerprint density at radius 1 is 1.29 bits per heavy atom. The van der Waals surface area contributed by atoms with E-state index in [9.17, 15) is 14.9 Å². The molecule has 0 bridgehead atoms. The number of thioether (sulfide) groups is 1. The fourth-order valence-corrected chi connectivity index (χ4v) is 3.76. The van der Waals surface area contributed by atoms with Crippen molar-refractivity contribution in [2.75, 3.05) is 11.2 Å². The Hall–Kier alpha value is -3.24. The second-order valence-electron chi connectivity index (χ2n) is 6.52. The number of nitrogens with zero attached hydrogens (tertiary/aromatic N) is 5. The van der Waals surface area contributed by atoms with E-state index in [1.807, 2.05) is 6.07 Å². The van der Waals surface area contributed by atoms with Crippen LogP contribution in [0.25, 0.3) is 11.3 Å². The predicted octanol–water partition coefficient (Wildman–Crippen LogP) is 4.66. The van der Waals surface area contributed by atoms with Gasteiger partial charge in [0.15, 0.2) is 5.69 Å². The Morgan fingerprint density at radius 2 is 2.06 bits per heavy atom. The second-order valence-corrected chi connectivity index (χ2v) is 7.71. The van der Waals surface area contributed by atoms with E-state index in [0.717, 1.165) is 0 Å². The number of amides is 1. The van der Waals surface area contributed by atoms with Gasteiger partial charge in [-0.05, 0) is 18.4 Å². The van der Waals surface area contributed by atoms with E-state index < -0.39 is 11.2 Å². The molecule has 1 atom stereocenters. The number of nitro groups is 1. The summed E-state index contributed by atoms with van der Waals surface area (Å²) in [5.41, 5.74) is 1.65. The Balaban J connectivity index is 1.98. The number of carbonyl (C=O) groups is 1. The first kappa shape index (κ1) is 21.0. The Labute approximate surface area is 186 Å². The normalized spacial score (nSPS) is 14.8. The Kier molecular flexibility index (Phi) is 5.75. The molecule has 0 aliphatic carbocycles. The summed E-state index contributed by atoms with van der Waals surface area (Å²) in [6.07, 6.45) is 0.980. The molecule has 1 aliphatic heterocycles. The number of hydrogen-bond acceptors (Lipinski definition) is 8. The largest absolute Gasteiger partial charge is 0.447 e. The first-order valence-corrected chi connectivity index (χ1v) is 10.9. The van der Waals surface area contributed by atoms with Crippen LogP contribution in [-0.4, -0.2) is 32.3 Å². The molecule has 0 spiro atoms. The van der Waals surface area contributed by atoms with E-state index in [1.165, 1.54) is 28.8 Å². The van der Waals surface area contributed by atoms with E-state index in [1.54, 1.807) is 37.4 Å². The van der Waals surface area contributed by atoms with Gasteiger partial charge in [0.2, 0.25) is 23.2 Å². The van der Waals surface area contributed by atoms with Gasteiger partial charge in [-0.15, -0.1) is 10.2 Å². The lowest BCUT2D eigenvalue weighted by molar-refractivity contribution is -0.384. The third-order valence-corrected chi connectivity index (χ3v) is 5.58. The van der Waals surface area contributed by atoms with Crippen molar-refractivity contribution in [3.8, 4) is 17.1 Å². The number of halogens is 1. The fourth-order valence-electron chi connectivity index (χ4n) is 3.28. The van der Waals surface area contributed by atoms with Gasteiger partial charge in [-0.2, -0.15) is 4.98 Å². The molecule has 4 rings (SSSR count). The highest BCUT2D eigenvalue weighted by molar-refractivity contribution is 7.98. The molecule has 0 saturated heterocycles. The number of ether oxygens (including phenoxy) is 1. The zero-order valence-corrected chi connectivity index (χ0v) is 18.1. The topological polar surface area (TPSA) is 111 Å². The number of hydrogen-bond donors (Lipinski definition) is 0. The number of para-hydroxylation sites is 1. The fraction of sp³-hybridized carbons (Fsp3) is 0.200. The molecule has 3 aromatic rings. The lowest BCUT2D eigenvalue weighted by atomic mass is 10.1. The third-order valence-electron chi connectivity index (χ3n) is 4.72. The molecule has 1 amide bonds. The van der Waals surface area contributed by atoms with Gasteiger partial charge in [0.1, 0.15) is 5.02 Å².